The van der Waals surface area contributed by atoms with Crippen LogP contribution in [0, 0.1) is 6.92 Å². The molecule has 0 amide bonds. The van der Waals surface area contributed by atoms with Crippen LogP contribution in [0.15, 0.2) is 48.9 Å². The van der Waals surface area contributed by atoms with Crippen molar-refractivity contribution in [3.05, 3.63) is 54.5 Å². The number of ether oxygens (including phenoxy) is 1. The molecule has 0 unspecified atom stereocenters. The number of anilines is 1. The fourth-order valence-electron chi connectivity index (χ4n) is 1.03. The normalized spacial score (nSPS) is 11.7. The second kappa shape index (κ2) is 5.25. The SMILES string of the molecule is C=C/C(F)=C(/Oc1cc(C)c(N)cn1)C(=C)F. The first-order chi connectivity index (χ1) is 7.95. The number of hydrogen-bond donors (Lipinski definition) is 1. The highest BCUT2D eigenvalue weighted by atomic mass is 19.1. The van der Waals surface area contributed by atoms with Crippen LogP contribution in [0.4, 0.5) is 14.5 Å². The number of rotatable bonds is 4. The maximum Gasteiger partial charge on any atom is 0.219 e. The number of nitrogens with two attached hydrogens (primary N) is 1. The summed E-state index contributed by atoms with van der Waals surface area (Å²) in [5.74, 6) is -2.60. The number of pyridine rings is 1. The molecule has 0 bridgehead atoms. The van der Waals surface area contributed by atoms with Crippen LogP contribution in [0.25, 0.3) is 0 Å². The molecule has 17 heavy (non-hydrogen) atoms. The molecule has 1 rings (SSSR count). The van der Waals surface area contributed by atoms with Crippen molar-refractivity contribution in [2.75, 3.05) is 5.73 Å². The molecular weight excluding hydrogens is 226 g/mol. The van der Waals surface area contributed by atoms with Crippen LogP contribution >= 0.6 is 0 Å². The van der Waals surface area contributed by atoms with Gasteiger partial charge >= 0.3 is 0 Å². The Kier molecular flexibility index (Phi) is 3.98. The molecule has 1 heterocycles. The van der Waals surface area contributed by atoms with E-state index in [0.717, 1.165) is 6.08 Å². The largest absolute Gasteiger partial charge is 0.433 e. The molecule has 0 aliphatic heterocycles. The zero-order valence-electron chi connectivity index (χ0n) is 9.34. The molecule has 1 aromatic rings. The Hall–Kier alpha value is -2.17. The minimum Gasteiger partial charge on any atom is -0.433 e. The van der Waals surface area contributed by atoms with E-state index in [1.807, 2.05) is 0 Å². The summed E-state index contributed by atoms with van der Waals surface area (Å²) in [6.07, 6.45) is 2.17. The predicted octanol–water partition coefficient (Wildman–Crippen LogP) is 3.20. The lowest BCUT2D eigenvalue weighted by Gasteiger charge is -2.08. The highest BCUT2D eigenvalue weighted by Crippen LogP contribution is 2.23. The van der Waals surface area contributed by atoms with Gasteiger partial charge in [0.15, 0.2) is 17.4 Å². The summed E-state index contributed by atoms with van der Waals surface area (Å²) in [7, 11) is 0. The van der Waals surface area contributed by atoms with E-state index >= 15 is 0 Å². The van der Waals surface area contributed by atoms with Crippen LogP contribution in [0.1, 0.15) is 5.56 Å². The van der Waals surface area contributed by atoms with Gasteiger partial charge in [-0.2, -0.15) is 0 Å². The van der Waals surface area contributed by atoms with E-state index in [9.17, 15) is 8.78 Å². The monoisotopic (exact) mass is 238 g/mol. The first kappa shape index (κ1) is 12.9. The van der Waals surface area contributed by atoms with Crippen molar-refractivity contribution in [3.63, 3.8) is 0 Å². The standard InChI is InChI=1S/C12H12F2N2O/c1-4-9(14)12(8(3)13)17-11-5-7(2)10(15)6-16-11/h4-6H,1,3,15H2,2H3/b12-9-. The third-order valence-corrected chi connectivity index (χ3v) is 1.98. The second-order valence-corrected chi connectivity index (χ2v) is 3.27. The topological polar surface area (TPSA) is 48.1 Å². The highest BCUT2D eigenvalue weighted by Gasteiger charge is 2.12. The Balaban J connectivity index is 3.07. The van der Waals surface area contributed by atoms with Crippen molar-refractivity contribution >= 4 is 5.69 Å². The molecule has 90 valence electrons. The third-order valence-electron chi connectivity index (χ3n) is 1.98. The minimum absolute atomic E-state index is 0.0301. The Morgan fingerprint density at radius 1 is 1.53 bits per heavy atom. The van der Waals surface area contributed by atoms with E-state index in [1.165, 1.54) is 12.3 Å². The summed E-state index contributed by atoms with van der Waals surface area (Å²) in [5.41, 5.74) is 6.71. The van der Waals surface area contributed by atoms with Crippen LogP contribution in [0.5, 0.6) is 5.88 Å². The van der Waals surface area contributed by atoms with Gasteiger partial charge in [-0.3, -0.25) is 0 Å². The average Bonchev–Trinajstić information content (AvgIpc) is 2.29. The number of halogens is 2. The molecule has 5 heteroatoms. The minimum atomic E-state index is -1.04. The maximum atomic E-state index is 13.2. The average molecular weight is 238 g/mol. The maximum absolute atomic E-state index is 13.2. The van der Waals surface area contributed by atoms with Crippen LogP contribution in [0.2, 0.25) is 0 Å². The molecule has 0 atom stereocenters. The van der Waals surface area contributed by atoms with Gasteiger partial charge in [-0.05, 0) is 18.6 Å². The van der Waals surface area contributed by atoms with E-state index in [2.05, 4.69) is 18.1 Å². The lowest BCUT2D eigenvalue weighted by atomic mass is 10.2. The smallest absolute Gasteiger partial charge is 0.219 e. The van der Waals surface area contributed by atoms with Crippen molar-refractivity contribution in [1.82, 2.24) is 4.98 Å². The van der Waals surface area contributed by atoms with Crippen molar-refractivity contribution in [3.8, 4) is 5.88 Å². The molecule has 3 nitrogen and oxygen atoms in total. The Labute approximate surface area is 97.9 Å². The van der Waals surface area contributed by atoms with Crippen molar-refractivity contribution in [2.24, 2.45) is 0 Å². The molecule has 0 spiro atoms. The lowest BCUT2D eigenvalue weighted by molar-refractivity contribution is 0.370. The molecule has 0 aromatic carbocycles. The summed E-state index contributed by atoms with van der Waals surface area (Å²) in [5, 5.41) is 0. The molecule has 0 radical (unpaired) electrons. The Bertz CT molecular complexity index is 495. The van der Waals surface area contributed by atoms with Crippen molar-refractivity contribution in [2.45, 2.75) is 6.92 Å². The highest BCUT2D eigenvalue weighted by molar-refractivity contribution is 5.46. The summed E-state index contributed by atoms with van der Waals surface area (Å²) in [6, 6.07) is 1.47. The van der Waals surface area contributed by atoms with Crippen LogP contribution < -0.4 is 10.5 Å². The number of nitrogen functional groups attached to an aromatic ring is 1. The number of allylic oxidation sites excluding steroid dienone is 3. The first-order valence-corrected chi connectivity index (χ1v) is 4.72. The Morgan fingerprint density at radius 3 is 2.65 bits per heavy atom. The zero-order valence-corrected chi connectivity index (χ0v) is 9.34. The molecule has 0 aliphatic carbocycles. The third kappa shape index (κ3) is 3.14. The predicted molar refractivity (Wildman–Crippen MR) is 62.6 cm³/mol. The van der Waals surface area contributed by atoms with Gasteiger partial charge in [0.1, 0.15) is 0 Å². The molecule has 1 aromatic heterocycles. The van der Waals surface area contributed by atoms with Gasteiger partial charge in [0, 0.05) is 6.07 Å². The molecular formula is C12H12F2N2O. The zero-order chi connectivity index (χ0) is 13.0. The number of hydrogen-bond acceptors (Lipinski definition) is 3. The molecule has 0 aliphatic rings. The van der Waals surface area contributed by atoms with Gasteiger partial charge in [0.2, 0.25) is 5.88 Å². The van der Waals surface area contributed by atoms with E-state index in [1.54, 1.807) is 6.92 Å². The van der Waals surface area contributed by atoms with E-state index in [0.29, 0.717) is 11.3 Å². The molecule has 0 saturated heterocycles. The van der Waals surface area contributed by atoms with Crippen LogP contribution in [0.3, 0.4) is 0 Å². The van der Waals surface area contributed by atoms with Crippen molar-refractivity contribution in [1.29, 1.82) is 0 Å². The van der Waals surface area contributed by atoms with Gasteiger partial charge in [-0.1, -0.05) is 13.2 Å². The van der Waals surface area contributed by atoms with Gasteiger partial charge in [0.25, 0.3) is 0 Å². The van der Waals surface area contributed by atoms with Crippen molar-refractivity contribution < 1.29 is 13.5 Å². The first-order valence-electron chi connectivity index (χ1n) is 4.72. The molecule has 0 saturated carbocycles. The van der Waals surface area contributed by atoms with Crippen LogP contribution in [-0.4, -0.2) is 4.98 Å². The fraction of sp³-hybridized carbons (Fsp3) is 0.0833. The fourth-order valence-corrected chi connectivity index (χ4v) is 1.03. The van der Waals surface area contributed by atoms with Gasteiger partial charge < -0.3 is 10.5 Å². The molecule has 0 fully saturated rings. The lowest BCUT2D eigenvalue weighted by Crippen LogP contribution is -2.01. The number of nitrogens with zero attached hydrogens (tertiary/aromatic N) is 1. The summed E-state index contributed by atoms with van der Waals surface area (Å²) in [4.78, 5) is 3.79. The second-order valence-electron chi connectivity index (χ2n) is 3.27. The number of aryl methyl sites for hydroxylation is 1. The quantitative estimate of drug-likeness (QED) is 0.647. The summed E-state index contributed by atoms with van der Waals surface area (Å²) < 4.78 is 31.1. The summed E-state index contributed by atoms with van der Waals surface area (Å²) >= 11 is 0. The van der Waals surface area contributed by atoms with E-state index < -0.39 is 17.4 Å². The molecule has 2 N–H and O–H groups in total. The van der Waals surface area contributed by atoms with Gasteiger partial charge in [0.05, 0.1) is 11.9 Å². The van der Waals surface area contributed by atoms with E-state index in [-0.39, 0.29) is 5.88 Å². The van der Waals surface area contributed by atoms with Gasteiger partial charge in [-0.25, -0.2) is 13.8 Å². The van der Waals surface area contributed by atoms with E-state index in [4.69, 9.17) is 10.5 Å². The summed E-state index contributed by atoms with van der Waals surface area (Å²) in [6.45, 7) is 7.87. The Morgan fingerprint density at radius 2 is 2.18 bits per heavy atom. The number of aromatic nitrogens is 1. The van der Waals surface area contributed by atoms with Gasteiger partial charge in [-0.15, -0.1) is 0 Å². The van der Waals surface area contributed by atoms with Crippen LogP contribution in [-0.2, 0) is 0 Å².